The van der Waals surface area contributed by atoms with Gasteiger partial charge in [-0.2, -0.15) is 0 Å². The van der Waals surface area contributed by atoms with Crippen molar-refractivity contribution in [3.8, 4) is 5.75 Å². The van der Waals surface area contributed by atoms with Crippen molar-refractivity contribution in [2.24, 2.45) is 0 Å². The first kappa shape index (κ1) is 18.9. The van der Waals surface area contributed by atoms with Crippen LogP contribution >= 0.6 is 0 Å². The first-order valence-electron chi connectivity index (χ1n) is 8.37. The Kier molecular flexibility index (Phi) is 4.93. The number of nitrogens with one attached hydrogen (secondary N) is 2. The normalized spacial score (nSPS) is 14.9. The molecular weight excluding hydrogens is 368 g/mol. The summed E-state index contributed by atoms with van der Waals surface area (Å²) in [5, 5.41) is 2.84. The maximum atomic E-state index is 12.9. The van der Waals surface area contributed by atoms with Crippen LogP contribution in [0.2, 0.25) is 0 Å². The minimum Gasteiger partial charge on any atom is -0.496 e. The van der Waals surface area contributed by atoms with Crippen LogP contribution in [0.15, 0.2) is 53.4 Å². The quantitative estimate of drug-likeness (QED) is 0.790. The van der Waals surface area contributed by atoms with Gasteiger partial charge in [-0.25, -0.2) is 13.1 Å². The summed E-state index contributed by atoms with van der Waals surface area (Å²) in [4.78, 5) is 23.8. The molecule has 0 unspecified atom stereocenters. The van der Waals surface area contributed by atoms with Crippen molar-refractivity contribution in [1.29, 1.82) is 0 Å². The average molecular weight is 388 g/mol. The molecule has 2 amide bonds. The molecule has 2 aromatic carbocycles. The molecule has 0 aromatic heterocycles. The summed E-state index contributed by atoms with van der Waals surface area (Å²) in [5.41, 5.74) is 0.686. The second kappa shape index (κ2) is 7.03. The Morgan fingerprint density at radius 1 is 1.04 bits per heavy atom. The molecule has 7 nitrogen and oxygen atoms in total. The highest BCUT2D eigenvalue weighted by molar-refractivity contribution is 7.90. The second-order valence-corrected chi connectivity index (χ2v) is 8.10. The predicted molar refractivity (Wildman–Crippen MR) is 100.0 cm³/mol. The number of anilines is 1. The summed E-state index contributed by atoms with van der Waals surface area (Å²) in [6.07, 6.45) is 1.43. The highest BCUT2D eigenvalue weighted by atomic mass is 32.2. The minimum atomic E-state index is -3.90. The molecule has 0 radical (unpaired) electrons. The zero-order chi connectivity index (χ0) is 19.7. The highest BCUT2D eigenvalue weighted by Gasteiger charge is 2.52. The maximum Gasteiger partial charge on any atom is 0.264 e. The molecular formula is C19H20N2O5S. The molecule has 2 aromatic rings. The van der Waals surface area contributed by atoms with E-state index < -0.39 is 21.3 Å². The van der Waals surface area contributed by atoms with Crippen LogP contribution in [0.5, 0.6) is 5.75 Å². The van der Waals surface area contributed by atoms with Crippen LogP contribution in [0.25, 0.3) is 0 Å². The lowest BCUT2D eigenvalue weighted by Gasteiger charge is -2.18. The van der Waals surface area contributed by atoms with Crippen molar-refractivity contribution >= 4 is 27.5 Å². The fourth-order valence-electron chi connectivity index (χ4n) is 3.00. The van der Waals surface area contributed by atoms with Crippen molar-refractivity contribution in [2.75, 3.05) is 12.4 Å². The Labute approximate surface area is 157 Å². The predicted octanol–water partition coefficient (Wildman–Crippen LogP) is 2.19. The van der Waals surface area contributed by atoms with E-state index in [1.165, 1.54) is 24.3 Å². The standard InChI is InChI=1S/C19H20N2O5S/c1-13(22)21-27(24,25)15-9-7-14(8-10-15)20-18(23)19(11-12-19)16-5-3-4-6-17(16)26-2/h3-10H,11-12H2,1-2H3,(H,20,23)(H,21,22). The van der Waals surface area contributed by atoms with Gasteiger partial charge >= 0.3 is 0 Å². The van der Waals surface area contributed by atoms with Gasteiger partial charge in [0.25, 0.3) is 10.0 Å². The topological polar surface area (TPSA) is 102 Å². The Morgan fingerprint density at radius 2 is 1.67 bits per heavy atom. The van der Waals surface area contributed by atoms with Gasteiger partial charge in [-0.15, -0.1) is 0 Å². The van der Waals surface area contributed by atoms with Gasteiger partial charge in [-0.3, -0.25) is 9.59 Å². The summed E-state index contributed by atoms with van der Waals surface area (Å²) in [6, 6.07) is 13.1. The SMILES string of the molecule is COc1ccccc1C1(C(=O)Nc2ccc(S(=O)(=O)NC(C)=O)cc2)CC1. The minimum absolute atomic E-state index is 0.0541. The number of hydrogen-bond donors (Lipinski definition) is 2. The molecule has 0 bridgehead atoms. The lowest BCUT2D eigenvalue weighted by molar-refractivity contribution is -0.119. The van der Waals surface area contributed by atoms with Gasteiger partial charge in [0.05, 0.1) is 17.4 Å². The molecule has 0 heterocycles. The van der Waals surface area contributed by atoms with Gasteiger partial charge < -0.3 is 10.1 Å². The largest absolute Gasteiger partial charge is 0.496 e. The van der Waals surface area contributed by atoms with E-state index >= 15 is 0 Å². The molecule has 8 heteroatoms. The number of hydrogen-bond acceptors (Lipinski definition) is 5. The Morgan fingerprint density at radius 3 is 2.22 bits per heavy atom. The van der Waals surface area contributed by atoms with E-state index in [4.69, 9.17) is 4.74 Å². The molecule has 3 rings (SSSR count). The van der Waals surface area contributed by atoms with Crippen LogP contribution in [0.4, 0.5) is 5.69 Å². The summed E-state index contributed by atoms with van der Waals surface area (Å²) < 4.78 is 31.2. The molecule has 0 spiro atoms. The lowest BCUT2D eigenvalue weighted by Crippen LogP contribution is -2.29. The average Bonchev–Trinajstić information content (AvgIpc) is 3.43. The maximum absolute atomic E-state index is 12.9. The van der Waals surface area contributed by atoms with Crippen LogP contribution in [0.1, 0.15) is 25.3 Å². The van der Waals surface area contributed by atoms with E-state index in [1.54, 1.807) is 7.11 Å². The van der Waals surface area contributed by atoms with Crippen molar-refractivity contribution in [2.45, 2.75) is 30.1 Å². The zero-order valence-electron chi connectivity index (χ0n) is 15.0. The van der Waals surface area contributed by atoms with Crippen molar-refractivity contribution < 1.29 is 22.7 Å². The third-order valence-corrected chi connectivity index (χ3v) is 5.96. The number of ether oxygens (including phenoxy) is 1. The lowest BCUT2D eigenvalue weighted by atomic mass is 9.94. The number of carbonyl (C=O) groups excluding carboxylic acids is 2. The van der Waals surface area contributed by atoms with Gasteiger partial charge in [-0.1, -0.05) is 18.2 Å². The summed E-state index contributed by atoms with van der Waals surface area (Å²) in [6.45, 7) is 1.12. The van der Waals surface area contributed by atoms with Gasteiger partial charge in [0.1, 0.15) is 5.75 Å². The molecule has 0 atom stereocenters. The van der Waals surface area contributed by atoms with E-state index in [2.05, 4.69) is 5.32 Å². The monoisotopic (exact) mass is 388 g/mol. The van der Waals surface area contributed by atoms with Crippen LogP contribution in [-0.4, -0.2) is 27.3 Å². The Balaban J connectivity index is 1.78. The molecule has 142 valence electrons. The van der Waals surface area contributed by atoms with Crippen LogP contribution in [-0.2, 0) is 25.0 Å². The smallest absolute Gasteiger partial charge is 0.264 e. The van der Waals surface area contributed by atoms with E-state index in [0.29, 0.717) is 24.3 Å². The van der Waals surface area contributed by atoms with E-state index in [-0.39, 0.29) is 10.8 Å². The fraction of sp³-hybridized carbons (Fsp3) is 0.263. The summed E-state index contributed by atoms with van der Waals surface area (Å²) >= 11 is 0. The number of amides is 2. The Hall–Kier alpha value is -2.87. The number of rotatable bonds is 6. The van der Waals surface area contributed by atoms with Gasteiger partial charge in [0.2, 0.25) is 11.8 Å². The van der Waals surface area contributed by atoms with Crippen LogP contribution in [0.3, 0.4) is 0 Å². The molecule has 0 aliphatic heterocycles. The molecule has 1 aliphatic carbocycles. The molecule has 1 fully saturated rings. The van der Waals surface area contributed by atoms with Crippen LogP contribution < -0.4 is 14.8 Å². The molecule has 2 N–H and O–H groups in total. The number of benzene rings is 2. The number of para-hydroxylation sites is 1. The van der Waals surface area contributed by atoms with Gasteiger partial charge in [-0.05, 0) is 43.2 Å². The molecule has 1 aliphatic rings. The first-order valence-corrected chi connectivity index (χ1v) is 9.85. The third kappa shape index (κ3) is 3.80. The number of methoxy groups -OCH3 is 1. The van der Waals surface area contributed by atoms with E-state index in [1.807, 2.05) is 29.0 Å². The van der Waals surface area contributed by atoms with Crippen LogP contribution in [0, 0.1) is 0 Å². The first-order chi connectivity index (χ1) is 12.8. The third-order valence-electron chi connectivity index (χ3n) is 4.51. The number of sulfonamides is 1. The van der Waals surface area contributed by atoms with E-state index in [0.717, 1.165) is 12.5 Å². The fourth-order valence-corrected chi connectivity index (χ4v) is 3.99. The number of carbonyl (C=O) groups is 2. The summed E-state index contributed by atoms with van der Waals surface area (Å²) in [7, 11) is -2.33. The van der Waals surface area contributed by atoms with E-state index in [9.17, 15) is 18.0 Å². The van der Waals surface area contributed by atoms with Crippen molar-refractivity contribution in [3.05, 3.63) is 54.1 Å². The van der Waals surface area contributed by atoms with Crippen molar-refractivity contribution in [3.63, 3.8) is 0 Å². The van der Waals surface area contributed by atoms with Gasteiger partial charge in [0.15, 0.2) is 0 Å². The second-order valence-electron chi connectivity index (χ2n) is 6.42. The highest BCUT2D eigenvalue weighted by Crippen LogP contribution is 2.51. The molecule has 0 saturated heterocycles. The summed E-state index contributed by atoms with van der Waals surface area (Å²) in [5.74, 6) is -0.161. The zero-order valence-corrected chi connectivity index (χ0v) is 15.8. The van der Waals surface area contributed by atoms with Crippen molar-refractivity contribution in [1.82, 2.24) is 4.72 Å². The Bertz CT molecular complexity index is 979. The van der Waals surface area contributed by atoms with Gasteiger partial charge in [0, 0.05) is 18.2 Å². The molecule has 1 saturated carbocycles. The molecule has 27 heavy (non-hydrogen) atoms.